The molecule has 3 saturated heterocycles. The van der Waals surface area contributed by atoms with Gasteiger partial charge in [0.1, 0.15) is 35.4 Å². The molecule has 3 fully saturated rings. The lowest BCUT2D eigenvalue weighted by Crippen LogP contribution is -2.57. The van der Waals surface area contributed by atoms with Gasteiger partial charge in [-0.2, -0.15) is 0 Å². The lowest BCUT2D eigenvalue weighted by molar-refractivity contribution is -0.143. The van der Waals surface area contributed by atoms with Crippen LogP contribution >= 0.6 is 11.3 Å². The van der Waals surface area contributed by atoms with Crippen LogP contribution in [0.15, 0.2) is 78.3 Å². The Bertz CT molecular complexity index is 2740. The number of halogens is 1. The lowest BCUT2D eigenvalue weighted by Gasteiger charge is -2.37. The number of hydrogen-bond donors (Lipinski definition) is 4. The molecule has 5 aromatic rings. The normalized spacial score (nSPS) is 17.5. The number of thiazole rings is 1. The fourth-order valence-electron chi connectivity index (χ4n) is 10.3. The molecule has 400 valence electrons. The Kier molecular flexibility index (Phi) is 18.3. The standard InChI is InChI=1S/C57H73FN10O6S/c1-38-52(75-37-61-38)40-19-17-39(18-20-40)35-60-55(72)47-14-12-28-68(47)56(73)53(57(2,3)4)62-50(70)15-9-7-5-6-8-10-16-51(71)66-31-29-65(30-32-66)42-22-24-43(25-23-42)67-27-11-13-44(36-67)74-49-34-46(63-64-54(49)59)45-33-41(58)21-26-48(45)69/h17-26,33-34,37,44,47,53,69H,5-16,27-32,35-36H2,1-4H3,(H2,59,64)(H,60,72)(H,62,70)/t44?,47-,53?/m0/s1. The van der Waals surface area contributed by atoms with E-state index in [-0.39, 0.29) is 52.6 Å². The molecule has 5 N–H and O–H groups in total. The monoisotopic (exact) mass is 1040 g/mol. The van der Waals surface area contributed by atoms with Crippen LogP contribution in [0.25, 0.3) is 21.7 Å². The molecule has 2 aromatic heterocycles. The van der Waals surface area contributed by atoms with Crippen LogP contribution in [0.2, 0.25) is 0 Å². The molecule has 3 aliphatic heterocycles. The van der Waals surface area contributed by atoms with Crippen LogP contribution in [0.1, 0.15) is 109 Å². The van der Waals surface area contributed by atoms with Gasteiger partial charge in [0.25, 0.3) is 0 Å². The predicted octanol–water partition coefficient (Wildman–Crippen LogP) is 8.66. The van der Waals surface area contributed by atoms with Crippen molar-refractivity contribution in [2.24, 2.45) is 5.41 Å². The molecule has 3 atom stereocenters. The summed E-state index contributed by atoms with van der Waals surface area (Å²) in [5.41, 5.74) is 13.2. The maximum atomic E-state index is 14.0. The van der Waals surface area contributed by atoms with Crippen LogP contribution in [0.3, 0.4) is 0 Å². The molecule has 16 nitrogen and oxygen atoms in total. The first-order valence-electron chi connectivity index (χ1n) is 26.6. The largest absolute Gasteiger partial charge is 0.507 e. The minimum atomic E-state index is -0.749. The first-order valence-corrected chi connectivity index (χ1v) is 27.5. The molecular formula is C57H73FN10O6S. The maximum Gasteiger partial charge on any atom is 0.246 e. The zero-order valence-corrected chi connectivity index (χ0v) is 44.7. The van der Waals surface area contributed by atoms with Crippen molar-refractivity contribution in [2.45, 2.75) is 129 Å². The Morgan fingerprint density at radius 1 is 0.827 bits per heavy atom. The number of unbranched alkanes of at least 4 members (excludes halogenated alkanes) is 5. The molecule has 3 aromatic carbocycles. The van der Waals surface area contributed by atoms with Crippen molar-refractivity contribution in [3.8, 4) is 33.2 Å². The van der Waals surface area contributed by atoms with E-state index in [2.05, 4.69) is 59.9 Å². The molecule has 0 radical (unpaired) electrons. The number of aryl methyl sites for hydroxylation is 1. The van der Waals surface area contributed by atoms with Crippen molar-refractivity contribution in [1.82, 2.24) is 35.6 Å². The lowest BCUT2D eigenvalue weighted by atomic mass is 9.85. The number of piperidine rings is 1. The van der Waals surface area contributed by atoms with Gasteiger partial charge in [0, 0.05) is 81.7 Å². The number of nitrogen functional groups attached to an aromatic ring is 1. The van der Waals surface area contributed by atoms with Gasteiger partial charge in [-0.3, -0.25) is 19.2 Å². The second-order valence-electron chi connectivity index (χ2n) is 21.2. The molecular weight excluding hydrogens is 972 g/mol. The molecule has 4 amide bonds. The van der Waals surface area contributed by atoms with Gasteiger partial charge in [-0.1, -0.05) is 70.7 Å². The number of aromatic hydroxyl groups is 1. The van der Waals surface area contributed by atoms with E-state index >= 15 is 0 Å². The second-order valence-corrected chi connectivity index (χ2v) is 22.1. The number of benzene rings is 3. The number of likely N-dealkylation sites (tertiary alicyclic amines) is 1. The SMILES string of the molecule is Cc1ncsc1-c1ccc(CNC(=O)[C@@H]2CCCN2C(=O)C(NC(=O)CCCCCCCCC(=O)N2CCN(c3ccc(N4CCCC(Oc5cc(-c6cc(F)ccc6O)nnc5N)C4)cc3)CC2)C(C)(C)C)cc1. The number of aromatic nitrogens is 3. The number of carbonyl (C=O) groups excluding carboxylic acids is 4. The minimum Gasteiger partial charge on any atom is -0.507 e. The average molecular weight is 1050 g/mol. The fraction of sp³-hybridized carbons (Fsp3) is 0.491. The van der Waals surface area contributed by atoms with Crippen LogP contribution in [0.5, 0.6) is 11.5 Å². The Balaban J connectivity index is 0.691. The number of rotatable bonds is 20. The van der Waals surface area contributed by atoms with Crippen LogP contribution in [-0.4, -0.2) is 118 Å². The Hall–Kier alpha value is -6.82. The molecule has 0 bridgehead atoms. The smallest absolute Gasteiger partial charge is 0.246 e. The third kappa shape index (κ3) is 14.3. The van der Waals surface area contributed by atoms with Gasteiger partial charge in [0.2, 0.25) is 23.6 Å². The van der Waals surface area contributed by atoms with E-state index in [0.29, 0.717) is 64.2 Å². The number of nitrogens with zero attached hydrogens (tertiary/aromatic N) is 7. The summed E-state index contributed by atoms with van der Waals surface area (Å²) in [6.07, 6.45) is 9.11. The summed E-state index contributed by atoms with van der Waals surface area (Å²) in [7, 11) is 0. The maximum absolute atomic E-state index is 14.0. The molecule has 0 spiro atoms. The molecule has 2 unspecified atom stereocenters. The number of nitrogens with two attached hydrogens (primary N) is 1. The van der Waals surface area contributed by atoms with Crippen molar-refractivity contribution in [1.29, 1.82) is 0 Å². The van der Waals surface area contributed by atoms with Crippen LogP contribution in [0.4, 0.5) is 21.6 Å². The summed E-state index contributed by atoms with van der Waals surface area (Å²) in [6.45, 7) is 13.1. The summed E-state index contributed by atoms with van der Waals surface area (Å²) >= 11 is 1.60. The molecule has 5 heterocycles. The highest BCUT2D eigenvalue weighted by atomic mass is 32.1. The van der Waals surface area contributed by atoms with Gasteiger partial charge in [0.05, 0.1) is 22.6 Å². The van der Waals surface area contributed by atoms with Crippen molar-refractivity contribution in [2.75, 3.05) is 61.3 Å². The summed E-state index contributed by atoms with van der Waals surface area (Å²) in [5, 5.41) is 24.4. The van der Waals surface area contributed by atoms with Crippen molar-refractivity contribution >= 4 is 52.2 Å². The number of phenolic OH excluding ortho intramolecular Hbond substituents is 1. The highest BCUT2D eigenvalue weighted by Crippen LogP contribution is 2.34. The van der Waals surface area contributed by atoms with Crippen molar-refractivity contribution < 1.29 is 33.4 Å². The quantitative estimate of drug-likeness (QED) is 0.0542. The van der Waals surface area contributed by atoms with Gasteiger partial charge in [-0.05, 0) is 104 Å². The second kappa shape index (κ2) is 25.1. The van der Waals surface area contributed by atoms with Gasteiger partial charge in [-0.15, -0.1) is 21.5 Å². The molecule has 3 aliphatic rings. The average Bonchev–Trinajstić information content (AvgIpc) is 4.09. The predicted molar refractivity (Wildman–Crippen MR) is 292 cm³/mol. The first-order chi connectivity index (χ1) is 36.1. The highest BCUT2D eigenvalue weighted by Gasteiger charge is 2.42. The third-order valence-electron chi connectivity index (χ3n) is 14.6. The Morgan fingerprint density at radius 3 is 2.20 bits per heavy atom. The summed E-state index contributed by atoms with van der Waals surface area (Å²) < 4.78 is 20.3. The number of piperazine rings is 1. The van der Waals surface area contributed by atoms with E-state index in [9.17, 15) is 28.7 Å². The van der Waals surface area contributed by atoms with E-state index in [1.54, 1.807) is 22.3 Å². The minimum absolute atomic E-state index is 0.115. The van der Waals surface area contributed by atoms with Crippen molar-refractivity contribution in [3.63, 3.8) is 0 Å². The van der Waals surface area contributed by atoms with Crippen molar-refractivity contribution in [3.05, 3.63) is 95.4 Å². The Labute approximate surface area is 444 Å². The first kappa shape index (κ1) is 54.4. The highest BCUT2D eigenvalue weighted by molar-refractivity contribution is 7.13. The third-order valence-corrected chi connectivity index (χ3v) is 15.6. The fourth-order valence-corrected chi connectivity index (χ4v) is 11.1. The summed E-state index contributed by atoms with van der Waals surface area (Å²) in [6, 6.07) is 20.5. The zero-order chi connectivity index (χ0) is 53.1. The van der Waals surface area contributed by atoms with E-state index in [0.717, 1.165) is 104 Å². The molecule has 0 aliphatic carbocycles. The van der Waals surface area contributed by atoms with E-state index in [1.807, 2.05) is 62.4 Å². The number of carbonyl (C=O) groups is 4. The van der Waals surface area contributed by atoms with Crippen LogP contribution in [-0.2, 0) is 25.7 Å². The van der Waals surface area contributed by atoms with Crippen LogP contribution in [0, 0.1) is 18.2 Å². The molecule has 75 heavy (non-hydrogen) atoms. The van der Waals surface area contributed by atoms with Gasteiger partial charge < -0.3 is 45.8 Å². The van der Waals surface area contributed by atoms with Gasteiger partial charge in [-0.25, -0.2) is 9.37 Å². The number of ether oxygens (including phenoxy) is 1. The van der Waals surface area contributed by atoms with E-state index in [1.165, 1.54) is 18.2 Å². The molecule has 0 saturated carbocycles. The molecule has 8 rings (SSSR count). The molecule has 18 heteroatoms. The van der Waals surface area contributed by atoms with E-state index < -0.39 is 23.3 Å². The summed E-state index contributed by atoms with van der Waals surface area (Å²) in [5.74, 6) is -0.502. The number of amides is 4. The number of hydrogen-bond acceptors (Lipinski definition) is 13. The topological polar surface area (TPSA) is 199 Å². The van der Waals surface area contributed by atoms with Crippen LogP contribution < -0.4 is 30.9 Å². The zero-order valence-electron chi connectivity index (χ0n) is 43.9. The number of phenols is 1. The Morgan fingerprint density at radius 2 is 1.51 bits per heavy atom. The van der Waals surface area contributed by atoms with E-state index in [4.69, 9.17) is 10.5 Å². The number of anilines is 3. The number of nitrogens with one attached hydrogen (secondary N) is 2. The summed E-state index contributed by atoms with van der Waals surface area (Å²) in [4.78, 5) is 67.6. The van der Waals surface area contributed by atoms with Gasteiger partial charge >= 0.3 is 0 Å². The van der Waals surface area contributed by atoms with Gasteiger partial charge in [0.15, 0.2) is 11.6 Å².